The number of anilines is 1. The van der Waals surface area contributed by atoms with Crippen LogP contribution in [-0.4, -0.2) is 89.4 Å². The lowest BCUT2D eigenvalue weighted by molar-refractivity contribution is -0.148. The van der Waals surface area contributed by atoms with E-state index in [0.29, 0.717) is 69.6 Å². The number of benzene rings is 3. The minimum absolute atomic E-state index is 0.0510. The number of carbonyl (C=O) groups is 3. The SMILES string of the molecule is CC(C)Nc1cc(-c2c[nH]c(C(=O)NC(COC(=O)C(C)NC(=O)C3CCN(Cc4ccc(-n5c(-c6cc(C(C)C)c(O)cc6O)n[nH]c5=O)cc4F)CC3)c3cccc(Cl)c3)c2)c(Cl)cn1. The van der Waals surface area contributed by atoms with Gasteiger partial charge in [0.15, 0.2) is 5.82 Å². The largest absolute Gasteiger partial charge is 0.508 e. The monoisotopic (exact) mass is 955 g/mol. The van der Waals surface area contributed by atoms with Gasteiger partial charge in [-0.05, 0) is 106 Å². The molecule has 2 amide bonds. The number of nitrogens with one attached hydrogen (secondary N) is 5. The number of halogens is 3. The van der Waals surface area contributed by atoms with E-state index in [0.717, 1.165) is 4.57 Å². The summed E-state index contributed by atoms with van der Waals surface area (Å²) in [6, 6.07) is 15.8. The fraction of sp³-hybridized carbons (Fsp3) is 0.333. The van der Waals surface area contributed by atoms with Crippen LogP contribution in [0.2, 0.25) is 10.0 Å². The number of phenolic OH excluding ortho intramolecular Hbond substituents is 2. The number of ether oxygens (including phenoxy) is 1. The maximum Gasteiger partial charge on any atom is 0.348 e. The Hall–Kier alpha value is -6.69. The summed E-state index contributed by atoms with van der Waals surface area (Å²) in [5.41, 5.74) is 2.83. The molecule has 67 heavy (non-hydrogen) atoms. The minimum Gasteiger partial charge on any atom is -0.508 e. The van der Waals surface area contributed by atoms with Crippen LogP contribution in [0.25, 0.3) is 28.2 Å². The number of amides is 2. The fourth-order valence-electron chi connectivity index (χ4n) is 7.93. The average Bonchev–Trinajstić information content (AvgIpc) is 3.93. The molecule has 6 aromatic rings. The summed E-state index contributed by atoms with van der Waals surface area (Å²) in [5, 5.41) is 37.2. The van der Waals surface area contributed by atoms with Gasteiger partial charge in [0.2, 0.25) is 5.91 Å². The highest BCUT2D eigenvalue weighted by Gasteiger charge is 2.29. The Morgan fingerprint density at radius 1 is 0.940 bits per heavy atom. The van der Waals surface area contributed by atoms with Crippen molar-refractivity contribution in [3.05, 3.63) is 128 Å². The van der Waals surface area contributed by atoms with Crippen molar-refractivity contribution in [2.24, 2.45) is 5.92 Å². The van der Waals surface area contributed by atoms with Crippen molar-refractivity contribution in [3.8, 4) is 39.7 Å². The van der Waals surface area contributed by atoms with E-state index in [2.05, 4.69) is 36.1 Å². The van der Waals surface area contributed by atoms with Crippen molar-refractivity contribution >= 4 is 46.8 Å². The Morgan fingerprint density at radius 2 is 1.70 bits per heavy atom. The molecule has 19 heteroatoms. The number of carbonyl (C=O) groups excluding carboxylic acids is 3. The third-order valence-corrected chi connectivity index (χ3v) is 12.1. The van der Waals surface area contributed by atoms with Gasteiger partial charge >= 0.3 is 11.7 Å². The van der Waals surface area contributed by atoms with Crippen molar-refractivity contribution in [3.63, 3.8) is 0 Å². The summed E-state index contributed by atoms with van der Waals surface area (Å²) < 4.78 is 22.5. The van der Waals surface area contributed by atoms with Gasteiger partial charge in [0.05, 0.1) is 22.3 Å². The zero-order valence-electron chi connectivity index (χ0n) is 37.5. The number of H-pyrrole nitrogens is 2. The first-order valence-corrected chi connectivity index (χ1v) is 22.6. The van der Waals surface area contributed by atoms with Crippen LogP contribution in [-0.2, 0) is 20.9 Å². The van der Waals surface area contributed by atoms with Gasteiger partial charge in [0.25, 0.3) is 5.91 Å². The van der Waals surface area contributed by atoms with Gasteiger partial charge in [0, 0.05) is 58.7 Å². The normalized spacial score (nSPS) is 14.2. The average molecular weight is 957 g/mol. The molecule has 7 rings (SSSR count). The van der Waals surface area contributed by atoms with Crippen LogP contribution in [0, 0.1) is 11.7 Å². The molecule has 352 valence electrons. The second-order valence-corrected chi connectivity index (χ2v) is 18.0. The van der Waals surface area contributed by atoms with Gasteiger partial charge in [-0.15, -0.1) is 0 Å². The number of nitrogens with zero attached hydrogens (tertiary/aromatic N) is 4. The third-order valence-electron chi connectivity index (χ3n) is 11.5. The van der Waals surface area contributed by atoms with Crippen molar-refractivity contribution in [1.29, 1.82) is 0 Å². The number of phenols is 2. The topological polar surface area (TPSA) is 220 Å². The molecule has 7 N–H and O–H groups in total. The van der Waals surface area contributed by atoms with Gasteiger partial charge < -0.3 is 35.9 Å². The lowest BCUT2D eigenvalue weighted by Gasteiger charge is -2.31. The molecular weight excluding hydrogens is 904 g/mol. The highest BCUT2D eigenvalue weighted by Crippen LogP contribution is 2.38. The van der Waals surface area contributed by atoms with Crippen LogP contribution in [0.15, 0.2) is 83.9 Å². The van der Waals surface area contributed by atoms with Crippen LogP contribution in [0.5, 0.6) is 11.5 Å². The van der Waals surface area contributed by atoms with E-state index in [1.54, 1.807) is 67.0 Å². The van der Waals surface area contributed by atoms with Crippen molar-refractivity contribution in [1.82, 2.24) is 40.3 Å². The summed E-state index contributed by atoms with van der Waals surface area (Å²) in [7, 11) is 0. The Morgan fingerprint density at radius 3 is 2.40 bits per heavy atom. The molecule has 1 saturated heterocycles. The van der Waals surface area contributed by atoms with Crippen LogP contribution in [0.3, 0.4) is 0 Å². The van der Waals surface area contributed by atoms with E-state index in [9.17, 15) is 29.4 Å². The summed E-state index contributed by atoms with van der Waals surface area (Å²) in [5.74, 6) is -2.24. The maximum atomic E-state index is 15.7. The number of esters is 1. The molecule has 16 nitrogen and oxygen atoms in total. The Kier molecular flexibility index (Phi) is 15.0. The Labute approximate surface area is 395 Å². The smallest absolute Gasteiger partial charge is 0.348 e. The number of piperidine rings is 1. The zero-order chi connectivity index (χ0) is 48.1. The van der Waals surface area contributed by atoms with Crippen LogP contribution in [0.4, 0.5) is 10.2 Å². The number of hydrogen-bond donors (Lipinski definition) is 7. The third kappa shape index (κ3) is 11.5. The molecule has 0 aliphatic carbocycles. The van der Waals surface area contributed by atoms with Gasteiger partial charge in [-0.3, -0.25) is 14.5 Å². The second-order valence-electron chi connectivity index (χ2n) is 17.2. The highest BCUT2D eigenvalue weighted by molar-refractivity contribution is 6.33. The number of aromatic hydroxyl groups is 2. The molecule has 0 saturated carbocycles. The second kappa shape index (κ2) is 20.9. The summed E-state index contributed by atoms with van der Waals surface area (Å²) in [6.45, 7) is 10.2. The lowest BCUT2D eigenvalue weighted by atomic mass is 9.95. The summed E-state index contributed by atoms with van der Waals surface area (Å²) >= 11 is 12.8. The van der Waals surface area contributed by atoms with Gasteiger partial charge in [-0.2, -0.15) is 5.10 Å². The van der Waals surface area contributed by atoms with E-state index in [1.807, 2.05) is 32.6 Å². The highest BCUT2D eigenvalue weighted by atomic mass is 35.5. The Bertz CT molecular complexity index is 2840. The minimum atomic E-state index is -1.00. The van der Waals surface area contributed by atoms with Gasteiger partial charge in [-0.25, -0.2) is 28.6 Å². The van der Waals surface area contributed by atoms with E-state index >= 15 is 4.39 Å². The molecule has 1 aliphatic rings. The Balaban J connectivity index is 0.925. The molecule has 2 unspecified atom stereocenters. The molecule has 4 heterocycles. The number of likely N-dealkylation sites (tertiary alicyclic amines) is 1. The van der Waals surface area contributed by atoms with Crippen molar-refractivity contribution in [2.75, 3.05) is 25.0 Å². The van der Waals surface area contributed by atoms with E-state index in [1.165, 1.54) is 19.1 Å². The lowest BCUT2D eigenvalue weighted by Crippen LogP contribution is -2.46. The van der Waals surface area contributed by atoms with E-state index in [4.69, 9.17) is 27.9 Å². The van der Waals surface area contributed by atoms with Crippen LogP contribution in [0.1, 0.15) is 86.6 Å². The number of aromatic amines is 2. The quantitative estimate of drug-likeness (QED) is 0.0463. The molecule has 2 atom stereocenters. The van der Waals surface area contributed by atoms with E-state index in [-0.39, 0.29) is 65.3 Å². The molecule has 0 bridgehead atoms. The standard InChI is InChI=1S/C48H52Cl2FN9O7/c1-25(2)34-18-36(42(62)20-41(34)61)44-57-58-48(66)60(44)33-10-9-30(38(51)17-33)23-59-13-11-28(12-14-59)45(63)55-27(5)47(65)67-24-40(29-7-6-8-32(49)15-29)56-46(64)39-16-31(21-52-39)35-19-43(54-26(3)4)53-22-37(35)50/h6-10,15-22,25-28,40,52,61-62H,11-14,23-24H2,1-5H3,(H,53,54)(H,55,63)(H,56,64)(H,58,66). The molecule has 3 aromatic heterocycles. The molecule has 0 radical (unpaired) electrons. The molecule has 0 spiro atoms. The molecule has 1 fully saturated rings. The first-order valence-electron chi connectivity index (χ1n) is 21.8. The number of aromatic nitrogens is 5. The van der Waals surface area contributed by atoms with Crippen molar-refractivity contribution in [2.45, 2.75) is 78.0 Å². The van der Waals surface area contributed by atoms with Crippen molar-refractivity contribution < 1.29 is 33.7 Å². The predicted molar refractivity (Wildman–Crippen MR) is 253 cm³/mol. The predicted octanol–water partition coefficient (Wildman–Crippen LogP) is 7.85. The molecule has 3 aromatic carbocycles. The number of rotatable bonds is 16. The number of pyridine rings is 1. The maximum absolute atomic E-state index is 15.7. The molecule has 1 aliphatic heterocycles. The summed E-state index contributed by atoms with van der Waals surface area (Å²) in [6.07, 6.45) is 4.13. The fourth-order valence-corrected chi connectivity index (χ4v) is 8.34. The van der Waals surface area contributed by atoms with Crippen LogP contribution < -0.4 is 21.6 Å². The summed E-state index contributed by atoms with van der Waals surface area (Å²) in [4.78, 5) is 62.4. The van der Waals surface area contributed by atoms with Gasteiger partial charge in [0.1, 0.15) is 41.5 Å². The molecular formula is C48H52Cl2FN9O7. The van der Waals surface area contributed by atoms with E-state index < -0.39 is 41.4 Å². The first-order chi connectivity index (χ1) is 31.9. The van der Waals surface area contributed by atoms with Crippen LogP contribution >= 0.6 is 23.2 Å². The first kappa shape index (κ1) is 48.2. The zero-order valence-corrected chi connectivity index (χ0v) is 39.0. The number of hydrogen-bond acceptors (Lipinski definition) is 11. The van der Waals surface area contributed by atoms with Gasteiger partial charge in [-0.1, -0.05) is 55.2 Å².